The van der Waals surface area contributed by atoms with E-state index in [1.54, 1.807) is 0 Å². The topological polar surface area (TPSA) is 46.4 Å². The van der Waals surface area contributed by atoms with Crippen LogP contribution in [0.1, 0.15) is 13.8 Å². The molecular formula is C6H12N2O2. The number of nitrogens with zero attached hydrogens (tertiary/aromatic N) is 2. The first-order valence-corrected chi connectivity index (χ1v) is 3.26. The summed E-state index contributed by atoms with van der Waals surface area (Å²) >= 11 is 0. The number of hydrogen-bond acceptors (Lipinski definition) is 3. The molecule has 0 rings (SSSR count). The molecule has 4 nitrogen and oxygen atoms in total. The molecule has 58 valence electrons. The standard InChI is InChI=1S/C6H12N2O2/c1-3-7(4-2)5-6-8(9)10/h5-6H,3-4H2,1-2H3/b6-5-. The van der Waals surface area contributed by atoms with E-state index in [4.69, 9.17) is 0 Å². The van der Waals surface area contributed by atoms with Crippen molar-refractivity contribution in [1.82, 2.24) is 4.90 Å². The van der Waals surface area contributed by atoms with Crippen LogP contribution >= 0.6 is 0 Å². The van der Waals surface area contributed by atoms with E-state index < -0.39 is 4.92 Å². The molecule has 0 fully saturated rings. The van der Waals surface area contributed by atoms with Gasteiger partial charge in [0.05, 0.1) is 11.1 Å². The third-order valence-electron chi connectivity index (χ3n) is 1.21. The van der Waals surface area contributed by atoms with Gasteiger partial charge in [-0.15, -0.1) is 0 Å². The zero-order valence-electron chi connectivity index (χ0n) is 6.28. The molecule has 0 aromatic carbocycles. The van der Waals surface area contributed by atoms with Crippen molar-refractivity contribution in [3.63, 3.8) is 0 Å². The van der Waals surface area contributed by atoms with Gasteiger partial charge in [0.1, 0.15) is 0 Å². The van der Waals surface area contributed by atoms with E-state index >= 15 is 0 Å². The lowest BCUT2D eigenvalue weighted by molar-refractivity contribution is -0.403. The zero-order chi connectivity index (χ0) is 7.98. The predicted octanol–water partition coefficient (Wildman–Crippen LogP) is 1.08. The Labute approximate surface area is 60.3 Å². The Morgan fingerprint density at radius 3 is 2.30 bits per heavy atom. The highest BCUT2D eigenvalue weighted by Crippen LogP contribution is 1.87. The second-order valence-corrected chi connectivity index (χ2v) is 1.80. The van der Waals surface area contributed by atoms with Crippen LogP contribution in [-0.4, -0.2) is 22.9 Å². The maximum atomic E-state index is 9.83. The van der Waals surface area contributed by atoms with Gasteiger partial charge in [0.25, 0.3) is 0 Å². The van der Waals surface area contributed by atoms with Gasteiger partial charge in [-0.25, -0.2) is 0 Å². The molecule has 0 heterocycles. The normalized spacial score (nSPS) is 10.2. The maximum absolute atomic E-state index is 9.83. The van der Waals surface area contributed by atoms with Crippen molar-refractivity contribution in [2.75, 3.05) is 13.1 Å². The molecule has 0 aromatic rings. The fourth-order valence-corrected chi connectivity index (χ4v) is 0.583. The maximum Gasteiger partial charge on any atom is 0.250 e. The van der Waals surface area contributed by atoms with Crippen molar-refractivity contribution in [3.05, 3.63) is 22.5 Å². The average Bonchev–Trinajstić information content (AvgIpc) is 1.90. The summed E-state index contributed by atoms with van der Waals surface area (Å²) in [5.41, 5.74) is 0. The molecule has 0 radical (unpaired) electrons. The predicted molar refractivity (Wildman–Crippen MR) is 39.1 cm³/mol. The van der Waals surface area contributed by atoms with E-state index in [0.717, 1.165) is 19.3 Å². The van der Waals surface area contributed by atoms with Crippen LogP contribution in [0.25, 0.3) is 0 Å². The van der Waals surface area contributed by atoms with Crippen molar-refractivity contribution in [2.45, 2.75) is 13.8 Å². The largest absolute Gasteiger partial charge is 0.373 e. The first-order chi connectivity index (χ1) is 4.70. The summed E-state index contributed by atoms with van der Waals surface area (Å²) in [6.45, 7) is 5.52. The molecule has 4 heteroatoms. The minimum Gasteiger partial charge on any atom is -0.373 e. The Kier molecular flexibility index (Phi) is 4.28. The van der Waals surface area contributed by atoms with Crippen molar-refractivity contribution in [2.24, 2.45) is 0 Å². The van der Waals surface area contributed by atoms with Gasteiger partial charge in [-0.05, 0) is 13.8 Å². The van der Waals surface area contributed by atoms with Gasteiger partial charge in [-0.2, -0.15) is 0 Å². The van der Waals surface area contributed by atoms with Crippen LogP contribution in [0.4, 0.5) is 0 Å². The molecule has 0 aliphatic rings. The van der Waals surface area contributed by atoms with E-state index in [0.29, 0.717) is 0 Å². The molecule has 0 saturated carbocycles. The quantitative estimate of drug-likeness (QED) is 0.438. The third-order valence-corrected chi connectivity index (χ3v) is 1.21. The Morgan fingerprint density at radius 2 is 2.00 bits per heavy atom. The molecule has 0 unspecified atom stereocenters. The van der Waals surface area contributed by atoms with Crippen molar-refractivity contribution in [1.29, 1.82) is 0 Å². The summed E-state index contributed by atoms with van der Waals surface area (Å²) in [4.78, 5) is 11.2. The van der Waals surface area contributed by atoms with Gasteiger partial charge in [-0.1, -0.05) is 0 Å². The van der Waals surface area contributed by atoms with E-state index in [9.17, 15) is 10.1 Å². The summed E-state index contributed by atoms with van der Waals surface area (Å²) in [6.07, 6.45) is 2.44. The summed E-state index contributed by atoms with van der Waals surface area (Å²) in [6, 6.07) is 0. The molecule has 10 heavy (non-hydrogen) atoms. The van der Waals surface area contributed by atoms with Crippen LogP contribution in [0.15, 0.2) is 12.4 Å². The number of hydrogen-bond donors (Lipinski definition) is 0. The molecule has 0 aliphatic carbocycles. The first-order valence-electron chi connectivity index (χ1n) is 3.26. The SMILES string of the molecule is CCN(/C=C\[N+](=O)[O-])CC. The Hall–Kier alpha value is -1.06. The van der Waals surface area contributed by atoms with Gasteiger partial charge in [-0.3, -0.25) is 10.1 Å². The second kappa shape index (κ2) is 4.78. The summed E-state index contributed by atoms with van der Waals surface area (Å²) < 4.78 is 0. The fourth-order valence-electron chi connectivity index (χ4n) is 0.583. The summed E-state index contributed by atoms with van der Waals surface area (Å²) in [7, 11) is 0. The van der Waals surface area contributed by atoms with Crippen LogP contribution in [0, 0.1) is 10.1 Å². The van der Waals surface area contributed by atoms with Crippen LogP contribution in [0.2, 0.25) is 0 Å². The summed E-state index contributed by atoms with van der Waals surface area (Å²) in [5, 5.41) is 9.83. The first kappa shape index (κ1) is 8.94. The zero-order valence-corrected chi connectivity index (χ0v) is 6.28. The van der Waals surface area contributed by atoms with Gasteiger partial charge in [0.15, 0.2) is 0 Å². The highest BCUT2D eigenvalue weighted by molar-refractivity contribution is 4.72. The van der Waals surface area contributed by atoms with Crippen LogP contribution < -0.4 is 0 Å². The monoisotopic (exact) mass is 144 g/mol. The number of nitro groups is 1. The Bertz CT molecular complexity index is 130. The minimum atomic E-state index is -0.460. The molecule has 0 aromatic heterocycles. The highest BCUT2D eigenvalue weighted by Gasteiger charge is 1.91. The molecule has 0 amide bonds. The van der Waals surface area contributed by atoms with Gasteiger partial charge in [0.2, 0.25) is 6.20 Å². The molecule has 0 spiro atoms. The number of rotatable bonds is 4. The van der Waals surface area contributed by atoms with Crippen LogP contribution in [-0.2, 0) is 0 Å². The van der Waals surface area contributed by atoms with Gasteiger partial charge >= 0.3 is 0 Å². The molecule has 0 bridgehead atoms. The molecule has 0 saturated heterocycles. The van der Waals surface area contributed by atoms with Gasteiger partial charge < -0.3 is 4.90 Å². The smallest absolute Gasteiger partial charge is 0.250 e. The minimum absolute atomic E-state index is 0.460. The molecule has 0 N–H and O–H groups in total. The van der Waals surface area contributed by atoms with E-state index in [1.165, 1.54) is 6.20 Å². The van der Waals surface area contributed by atoms with Crippen LogP contribution in [0.3, 0.4) is 0 Å². The molecular weight excluding hydrogens is 132 g/mol. The lowest BCUT2D eigenvalue weighted by atomic mass is 10.5. The van der Waals surface area contributed by atoms with Crippen molar-refractivity contribution < 1.29 is 4.92 Å². The summed E-state index contributed by atoms with van der Waals surface area (Å²) in [5.74, 6) is 0. The van der Waals surface area contributed by atoms with Crippen molar-refractivity contribution >= 4 is 0 Å². The lowest BCUT2D eigenvalue weighted by Crippen LogP contribution is -2.15. The fraction of sp³-hybridized carbons (Fsp3) is 0.667. The van der Waals surface area contributed by atoms with E-state index in [2.05, 4.69) is 0 Å². The highest BCUT2D eigenvalue weighted by atomic mass is 16.6. The lowest BCUT2D eigenvalue weighted by Gasteiger charge is -2.12. The van der Waals surface area contributed by atoms with Crippen molar-refractivity contribution in [3.8, 4) is 0 Å². The second-order valence-electron chi connectivity index (χ2n) is 1.80. The Morgan fingerprint density at radius 1 is 1.50 bits per heavy atom. The molecule has 0 aliphatic heterocycles. The van der Waals surface area contributed by atoms with E-state index in [1.807, 2.05) is 18.7 Å². The van der Waals surface area contributed by atoms with Crippen LogP contribution in [0.5, 0.6) is 0 Å². The van der Waals surface area contributed by atoms with E-state index in [-0.39, 0.29) is 0 Å². The third kappa shape index (κ3) is 3.88. The average molecular weight is 144 g/mol. The molecule has 0 atom stereocenters. The Balaban J connectivity index is 3.72. The van der Waals surface area contributed by atoms with Gasteiger partial charge in [0, 0.05) is 13.1 Å².